The predicted molar refractivity (Wildman–Crippen MR) is 196 cm³/mol. The van der Waals surface area contributed by atoms with E-state index in [0.29, 0.717) is 37.7 Å². The Hall–Kier alpha value is -1.09. The molecule has 0 saturated heterocycles. The largest absolute Gasteiger partial charge is 0.237 e. The number of fused-ring (bicyclic) bond motifs is 3. The fourth-order valence-electron chi connectivity index (χ4n) is 8.22. The van der Waals surface area contributed by atoms with Gasteiger partial charge in [-0.2, -0.15) is 0 Å². The van der Waals surface area contributed by atoms with E-state index in [4.69, 9.17) is 0 Å². The highest BCUT2D eigenvalue weighted by Gasteiger charge is 2.46. The van der Waals surface area contributed by atoms with Crippen molar-refractivity contribution in [2.24, 2.45) is 0 Å². The zero-order chi connectivity index (χ0) is 30.9. The van der Waals surface area contributed by atoms with Gasteiger partial charge in [-0.3, -0.25) is 0 Å². The Balaban J connectivity index is 2.32. The van der Waals surface area contributed by atoms with E-state index >= 15 is 0 Å². The summed E-state index contributed by atoms with van der Waals surface area (Å²) in [7, 11) is -3.72. The van der Waals surface area contributed by atoms with Crippen LogP contribution < -0.4 is 4.48 Å². The summed E-state index contributed by atoms with van der Waals surface area (Å²) < 4.78 is 2.88. The summed E-state index contributed by atoms with van der Waals surface area (Å²) >= 11 is 7.62. The lowest BCUT2D eigenvalue weighted by Crippen LogP contribution is -2.46. The number of benzene rings is 2. The molecule has 0 aliphatic carbocycles. The van der Waals surface area contributed by atoms with Crippen LogP contribution in [0.5, 0.6) is 0 Å². The first-order chi connectivity index (χ1) is 19.1. The van der Waals surface area contributed by atoms with Crippen LogP contribution in [0.2, 0.25) is 33.2 Å². The van der Waals surface area contributed by atoms with Gasteiger partial charge in [-0.15, -0.1) is 11.1 Å². The quantitative estimate of drug-likeness (QED) is 0.145. The molecule has 222 valence electrons. The van der Waals surface area contributed by atoms with Crippen LogP contribution in [-0.4, -0.2) is 29.2 Å². The third-order valence-electron chi connectivity index (χ3n) is 10.2. The smallest absolute Gasteiger partial charge is 0.150 e. The average molecular weight is 715 g/mol. The highest BCUT2D eigenvalue weighted by Crippen LogP contribution is 2.54. The first kappa shape index (κ1) is 34.4. The van der Waals surface area contributed by atoms with Crippen molar-refractivity contribution in [2.45, 2.75) is 116 Å². The molecule has 3 rings (SSSR count). The van der Waals surface area contributed by atoms with E-state index in [1.807, 2.05) is 0 Å². The van der Waals surface area contributed by atoms with Crippen molar-refractivity contribution in [3.05, 3.63) is 45.3 Å². The molecule has 0 atom stereocenters. The monoisotopic (exact) mass is 712 g/mol. The van der Waals surface area contributed by atoms with E-state index in [9.17, 15) is 0 Å². The third-order valence-corrected chi connectivity index (χ3v) is 23.8. The Labute approximate surface area is 271 Å². The standard InChI is InChI=1S/C36H52Br2NSi2/c1-25(2)40(26(3)4,27(5)6)21-13-19-39(20-14-22-41(28(7)8,29(9)10)30(11)12)35-23-31(37)15-17-33(35)34-18-16-32(38)24-36(34)39/h15-18,23-30H,19-20H2,1-12H3/q+1. The van der Waals surface area contributed by atoms with E-state index in [2.05, 4.69) is 174 Å². The van der Waals surface area contributed by atoms with Crippen LogP contribution in [0.25, 0.3) is 11.1 Å². The zero-order valence-electron chi connectivity index (χ0n) is 27.5. The molecule has 0 amide bonds. The molecule has 1 nitrogen and oxygen atoms in total. The fourth-order valence-corrected chi connectivity index (χ4v) is 19.4. The molecular weight excluding hydrogens is 662 g/mol. The highest BCUT2D eigenvalue weighted by atomic mass is 79.9. The van der Waals surface area contributed by atoms with Gasteiger partial charge in [0.2, 0.25) is 0 Å². The molecule has 0 spiro atoms. The van der Waals surface area contributed by atoms with Gasteiger partial charge in [-0.1, -0.05) is 115 Å². The van der Waals surface area contributed by atoms with Gasteiger partial charge in [0, 0.05) is 32.2 Å². The first-order valence-electron chi connectivity index (χ1n) is 15.6. The molecule has 5 heteroatoms. The minimum Gasteiger partial charge on any atom is -0.237 e. The van der Waals surface area contributed by atoms with Gasteiger partial charge in [-0.25, -0.2) is 4.48 Å². The van der Waals surface area contributed by atoms with Crippen LogP contribution in [0.1, 0.15) is 83.1 Å². The van der Waals surface area contributed by atoms with Crippen LogP contribution in [0, 0.1) is 22.9 Å². The molecule has 1 heterocycles. The Morgan fingerprint density at radius 1 is 0.537 bits per heavy atom. The van der Waals surface area contributed by atoms with Crippen molar-refractivity contribution in [1.29, 1.82) is 0 Å². The number of quaternary nitrogens is 1. The van der Waals surface area contributed by atoms with E-state index in [1.165, 1.54) is 22.5 Å². The minimum absolute atomic E-state index is 0.611. The minimum atomic E-state index is -1.86. The molecule has 41 heavy (non-hydrogen) atoms. The van der Waals surface area contributed by atoms with Gasteiger partial charge in [0.1, 0.15) is 40.6 Å². The second-order valence-electron chi connectivity index (χ2n) is 14.0. The van der Waals surface area contributed by atoms with Crippen molar-refractivity contribution in [3.8, 4) is 34.1 Å². The van der Waals surface area contributed by atoms with Crippen LogP contribution in [0.3, 0.4) is 0 Å². The molecule has 0 radical (unpaired) electrons. The number of hydrogen-bond donors (Lipinski definition) is 0. The summed E-state index contributed by atoms with van der Waals surface area (Å²) in [5, 5.41) is 0. The molecule has 0 saturated carbocycles. The summed E-state index contributed by atoms with van der Waals surface area (Å²) in [6, 6.07) is 13.5. The molecule has 2 aromatic rings. The van der Waals surface area contributed by atoms with Crippen molar-refractivity contribution in [2.75, 3.05) is 13.1 Å². The molecule has 2 aromatic carbocycles. The van der Waals surface area contributed by atoms with Gasteiger partial charge in [0.15, 0.2) is 0 Å². The lowest BCUT2D eigenvalue weighted by molar-refractivity contribution is 0.485. The molecule has 1 aliphatic rings. The number of halogens is 2. The van der Waals surface area contributed by atoms with Gasteiger partial charge >= 0.3 is 0 Å². The van der Waals surface area contributed by atoms with Crippen molar-refractivity contribution in [3.63, 3.8) is 0 Å². The van der Waals surface area contributed by atoms with E-state index in [0.717, 1.165) is 22.0 Å². The van der Waals surface area contributed by atoms with Crippen molar-refractivity contribution < 1.29 is 0 Å². The predicted octanol–water partition coefficient (Wildman–Crippen LogP) is 12.3. The molecule has 1 aliphatic heterocycles. The SMILES string of the molecule is CC(C)[Si](C#CC[N+]1(CC#C[Si](C(C)C)(C(C)C)C(C)C)c2cc(Br)ccc2-c2ccc(Br)cc21)(C(C)C)C(C)C. The third kappa shape index (κ3) is 6.14. The summed E-state index contributed by atoms with van der Waals surface area (Å²) in [5.41, 5.74) is 17.0. The maximum absolute atomic E-state index is 4.05. The number of rotatable bonds is 8. The second-order valence-corrected chi connectivity index (χ2v) is 27.0. The molecule has 0 fully saturated rings. The normalized spacial score (nSPS) is 14.4. The van der Waals surface area contributed by atoms with Gasteiger partial charge in [0.05, 0.1) is 0 Å². The van der Waals surface area contributed by atoms with Crippen LogP contribution >= 0.6 is 31.9 Å². The van der Waals surface area contributed by atoms with Gasteiger partial charge in [0.25, 0.3) is 0 Å². The van der Waals surface area contributed by atoms with Crippen LogP contribution in [0.4, 0.5) is 11.4 Å². The molecule has 0 unspecified atom stereocenters. The molecule has 0 aromatic heterocycles. The number of hydrogen-bond acceptors (Lipinski definition) is 0. The highest BCUT2D eigenvalue weighted by molar-refractivity contribution is 9.10. The first-order valence-corrected chi connectivity index (χ1v) is 21.6. The van der Waals surface area contributed by atoms with E-state index in [1.54, 1.807) is 0 Å². The number of nitrogens with zero attached hydrogens (tertiary/aromatic N) is 1. The fraction of sp³-hybridized carbons (Fsp3) is 0.556. The molecule has 0 N–H and O–H groups in total. The van der Waals surface area contributed by atoms with Crippen molar-refractivity contribution >= 4 is 59.4 Å². The Bertz CT molecular complexity index is 1220. The Kier molecular flexibility index (Phi) is 11.1. The topological polar surface area (TPSA) is 0 Å². The van der Waals surface area contributed by atoms with Gasteiger partial charge < -0.3 is 0 Å². The van der Waals surface area contributed by atoms with E-state index in [-0.39, 0.29) is 0 Å². The van der Waals surface area contributed by atoms with Crippen molar-refractivity contribution in [1.82, 2.24) is 4.48 Å². The molecule has 0 bridgehead atoms. The summed E-state index contributed by atoms with van der Waals surface area (Å²) in [5.74, 6) is 7.77. The summed E-state index contributed by atoms with van der Waals surface area (Å²) in [6.07, 6.45) is 0. The average Bonchev–Trinajstić information content (AvgIpc) is 3.11. The Morgan fingerprint density at radius 3 is 1.10 bits per heavy atom. The van der Waals surface area contributed by atoms with Gasteiger partial charge in [-0.05, 0) is 69.4 Å². The van der Waals surface area contributed by atoms with E-state index < -0.39 is 16.1 Å². The Morgan fingerprint density at radius 2 is 0.829 bits per heavy atom. The summed E-state index contributed by atoms with van der Waals surface area (Å²) in [4.78, 5) is 0. The summed E-state index contributed by atoms with van der Waals surface area (Å²) in [6.45, 7) is 30.3. The van der Waals surface area contributed by atoms with Crippen LogP contribution in [0.15, 0.2) is 45.3 Å². The maximum atomic E-state index is 4.05. The molecular formula is C36H52Br2NSi2+. The maximum Gasteiger partial charge on any atom is 0.150 e. The lowest BCUT2D eigenvalue weighted by atomic mass is 10.1. The lowest BCUT2D eigenvalue weighted by Gasteiger charge is -2.39. The van der Waals surface area contributed by atoms with Crippen LogP contribution in [-0.2, 0) is 0 Å². The zero-order valence-corrected chi connectivity index (χ0v) is 32.7. The second kappa shape index (κ2) is 13.3.